The Labute approximate surface area is 138 Å². The van der Waals surface area contributed by atoms with Gasteiger partial charge in [0.2, 0.25) is 5.66 Å². The van der Waals surface area contributed by atoms with Gasteiger partial charge in [-0.1, -0.05) is 49.8 Å². The molecule has 0 amide bonds. The van der Waals surface area contributed by atoms with Gasteiger partial charge in [0, 0.05) is 0 Å². The lowest BCUT2D eigenvalue weighted by atomic mass is 9.90. The predicted octanol–water partition coefficient (Wildman–Crippen LogP) is 3.42. The third kappa shape index (κ3) is 5.87. The van der Waals surface area contributed by atoms with Crippen LogP contribution in [0, 0.1) is 0 Å². The van der Waals surface area contributed by atoms with Gasteiger partial charge in [0.1, 0.15) is 0 Å². The second-order valence-corrected chi connectivity index (χ2v) is 6.86. The summed E-state index contributed by atoms with van der Waals surface area (Å²) in [4.78, 5) is 20.9. The number of aliphatic carboxylic acids is 1. The van der Waals surface area contributed by atoms with Crippen molar-refractivity contribution in [1.29, 1.82) is 0 Å². The van der Waals surface area contributed by atoms with E-state index < -0.39 is 25.7 Å². The average molecular weight is 338 g/mol. The lowest BCUT2D eigenvalue weighted by molar-refractivity contribution is -0.132. The van der Waals surface area contributed by atoms with Crippen LogP contribution in [0.3, 0.4) is 0 Å². The third-order valence-electron chi connectivity index (χ3n) is 3.83. The van der Waals surface area contributed by atoms with Crippen LogP contribution in [0.15, 0.2) is 42.0 Å². The molecule has 1 aromatic carbocycles. The van der Waals surface area contributed by atoms with Crippen LogP contribution in [0.5, 0.6) is 0 Å². The van der Waals surface area contributed by atoms with Gasteiger partial charge in [-0.05, 0) is 35.8 Å². The van der Waals surface area contributed by atoms with Gasteiger partial charge in [0.25, 0.3) is 0 Å². The van der Waals surface area contributed by atoms with Gasteiger partial charge in [-0.15, -0.1) is 0 Å². The quantitative estimate of drug-likeness (QED) is 0.473. The van der Waals surface area contributed by atoms with Crippen molar-refractivity contribution in [2.45, 2.75) is 50.7 Å². The van der Waals surface area contributed by atoms with Gasteiger partial charge < -0.3 is 10.8 Å². The van der Waals surface area contributed by atoms with E-state index in [-0.39, 0.29) is 11.5 Å². The average Bonchev–Trinajstić information content (AvgIpc) is 2.49. The number of carboxylic acids is 1. The minimum atomic E-state index is -2.69. The molecule has 1 aromatic rings. The van der Waals surface area contributed by atoms with E-state index in [1.165, 1.54) is 0 Å². The fourth-order valence-corrected chi connectivity index (χ4v) is 3.56. The number of rotatable bonds is 9. The van der Waals surface area contributed by atoms with Crippen LogP contribution in [-0.4, -0.2) is 27.7 Å². The van der Waals surface area contributed by atoms with E-state index in [2.05, 4.69) is 6.92 Å². The van der Waals surface area contributed by atoms with E-state index in [1.807, 2.05) is 30.3 Å². The highest BCUT2D eigenvalue weighted by atomic mass is 31.1. The molecule has 0 heterocycles. The number of benzene rings is 1. The Kier molecular flexibility index (Phi) is 8.10. The van der Waals surface area contributed by atoms with E-state index in [9.17, 15) is 19.4 Å². The summed E-state index contributed by atoms with van der Waals surface area (Å²) in [6.45, 7) is 3.62. The van der Waals surface area contributed by atoms with Crippen LogP contribution in [0.4, 0.5) is 0 Å². The van der Waals surface area contributed by atoms with Crippen LogP contribution in [0.25, 0.3) is 0 Å². The zero-order valence-electron chi connectivity index (χ0n) is 13.6. The lowest BCUT2D eigenvalue weighted by Gasteiger charge is -2.16. The molecule has 6 heteroatoms. The predicted molar refractivity (Wildman–Crippen MR) is 91.7 cm³/mol. The molecule has 0 aromatic heterocycles. The Balaban J connectivity index is 3.06. The molecule has 0 fully saturated rings. The van der Waals surface area contributed by atoms with Gasteiger partial charge in [-0.3, -0.25) is 0 Å². The molecular weight excluding hydrogens is 313 g/mol. The number of allylic oxidation sites excluding steroid dienone is 1. The summed E-state index contributed by atoms with van der Waals surface area (Å²) in [6, 6.07) is 9.18. The van der Waals surface area contributed by atoms with E-state index >= 15 is 0 Å². The largest absolute Gasteiger partial charge is 0.515 e. The first-order chi connectivity index (χ1) is 10.9. The van der Waals surface area contributed by atoms with Crippen molar-refractivity contribution in [2.24, 2.45) is 5.73 Å². The fourth-order valence-electron chi connectivity index (χ4n) is 2.70. The number of carboxylic acid groups (broad SMARTS) is 1. The van der Waals surface area contributed by atoms with Crippen LogP contribution in [0.2, 0.25) is 0 Å². The second-order valence-electron chi connectivity index (χ2n) is 5.70. The van der Waals surface area contributed by atoms with Crippen molar-refractivity contribution in [2.75, 3.05) is 0 Å². The van der Waals surface area contributed by atoms with Crippen molar-refractivity contribution in [3.05, 3.63) is 47.5 Å². The number of hydrogen-bond donors (Lipinski definition) is 3. The SMILES string of the molecule is CCCC(CC=C(C(=O)O)C(C(C)N)[P+](=O)O)c1ccccc1. The van der Waals surface area contributed by atoms with Crippen molar-refractivity contribution in [3.8, 4) is 0 Å². The lowest BCUT2D eigenvalue weighted by Crippen LogP contribution is -2.33. The zero-order chi connectivity index (χ0) is 17.4. The number of hydrogen-bond acceptors (Lipinski definition) is 3. The maximum atomic E-state index is 11.5. The summed E-state index contributed by atoms with van der Waals surface area (Å²) in [5.74, 6) is -1.01. The Morgan fingerprint density at radius 3 is 2.39 bits per heavy atom. The summed E-state index contributed by atoms with van der Waals surface area (Å²) in [6.07, 6.45) is 3.96. The van der Waals surface area contributed by atoms with Gasteiger partial charge in [0.05, 0.1) is 11.6 Å². The first-order valence-corrected chi connectivity index (χ1v) is 9.05. The second kappa shape index (κ2) is 9.56. The van der Waals surface area contributed by atoms with E-state index in [0.29, 0.717) is 6.42 Å². The Morgan fingerprint density at radius 1 is 1.35 bits per heavy atom. The van der Waals surface area contributed by atoms with Gasteiger partial charge >= 0.3 is 14.0 Å². The highest BCUT2D eigenvalue weighted by molar-refractivity contribution is 7.39. The topological polar surface area (TPSA) is 101 Å². The summed E-state index contributed by atoms with van der Waals surface area (Å²) < 4.78 is 11.5. The molecule has 0 spiro atoms. The van der Waals surface area contributed by atoms with E-state index in [4.69, 9.17) is 5.73 Å². The molecule has 0 saturated heterocycles. The third-order valence-corrected chi connectivity index (χ3v) is 5.06. The molecule has 23 heavy (non-hydrogen) atoms. The maximum absolute atomic E-state index is 11.5. The molecule has 126 valence electrons. The molecule has 4 N–H and O–H groups in total. The molecule has 4 unspecified atom stereocenters. The van der Waals surface area contributed by atoms with Crippen molar-refractivity contribution >= 4 is 14.0 Å². The summed E-state index contributed by atoms with van der Waals surface area (Å²) in [5, 5.41) is 9.39. The Bertz CT molecular complexity index is 557. The summed E-state index contributed by atoms with van der Waals surface area (Å²) in [7, 11) is -2.69. The molecule has 5 nitrogen and oxygen atoms in total. The zero-order valence-corrected chi connectivity index (χ0v) is 14.4. The minimum Gasteiger partial charge on any atom is -0.478 e. The highest BCUT2D eigenvalue weighted by Gasteiger charge is 2.40. The molecule has 1 rings (SSSR count). The van der Waals surface area contributed by atoms with Crippen LogP contribution < -0.4 is 5.73 Å². The van der Waals surface area contributed by atoms with Crippen molar-refractivity contribution < 1.29 is 19.4 Å². The smallest absolute Gasteiger partial charge is 0.478 e. The fraction of sp³-hybridized carbons (Fsp3) is 0.471. The van der Waals surface area contributed by atoms with Crippen LogP contribution in [0.1, 0.15) is 44.6 Å². The summed E-state index contributed by atoms with van der Waals surface area (Å²) in [5.41, 5.74) is 5.72. The van der Waals surface area contributed by atoms with E-state index in [1.54, 1.807) is 13.0 Å². The van der Waals surface area contributed by atoms with Crippen LogP contribution >= 0.6 is 8.03 Å². The first-order valence-electron chi connectivity index (χ1n) is 7.77. The molecule has 0 radical (unpaired) electrons. The van der Waals surface area contributed by atoms with Gasteiger partial charge in [0.15, 0.2) is 0 Å². The maximum Gasteiger partial charge on any atom is 0.515 e. The Morgan fingerprint density at radius 2 is 1.96 bits per heavy atom. The number of nitrogens with two attached hydrogens (primary N) is 1. The molecular formula is C17H25NO4P+. The van der Waals surface area contributed by atoms with Crippen molar-refractivity contribution in [3.63, 3.8) is 0 Å². The molecule has 0 aliphatic heterocycles. The normalized spacial score (nSPS) is 16.5. The highest BCUT2D eigenvalue weighted by Crippen LogP contribution is 2.33. The summed E-state index contributed by atoms with van der Waals surface area (Å²) >= 11 is 0. The van der Waals surface area contributed by atoms with Gasteiger partial charge in [-0.25, -0.2) is 4.79 Å². The monoisotopic (exact) mass is 338 g/mol. The molecule has 4 atom stereocenters. The van der Waals surface area contributed by atoms with E-state index in [0.717, 1.165) is 18.4 Å². The molecule has 0 aliphatic carbocycles. The van der Waals surface area contributed by atoms with Crippen molar-refractivity contribution in [1.82, 2.24) is 0 Å². The Hall–Kier alpha value is -1.55. The van der Waals surface area contributed by atoms with Gasteiger partial charge in [-0.2, -0.15) is 4.89 Å². The molecule has 0 aliphatic rings. The minimum absolute atomic E-state index is 0.0688. The standard InChI is InChI=1S/C17H24NO4P/c1-3-7-13(14-8-5-4-6-9-14)10-11-15(17(19)20)16(12(2)18)23(21)22/h4-6,8-9,11-13,16H,3,7,10,18H2,1-2H3,(H-,19,20,21,22)/p+1. The molecule has 0 saturated carbocycles. The van der Waals surface area contributed by atoms with Crippen LogP contribution in [-0.2, 0) is 9.36 Å². The first kappa shape index (κ1) is 19.5. The molecule has 0 bridgehead atoms. The number of carbonyl (C=O) groups is 1.